The molecule has 4 aromatic rings. The van der Waals surface area contributed by atoms with Crippen LogP contribution in [0.4, 0.5) is 0 Å². The van der Waals surface area contributed by atoms with Gasteiger partial charge in [-0.05, 0) is 89.9 Å². The lowest BCUT2D eigenvalue weighted by Crippen LogP contribution is -2.23. The molecule has 0 radical (unpaired) electrons. The lowest BCUT2D eigenvalue weighted by Gasteiger charge is -2.10. The standard InChI is InChI=1S/C28H26N2O2S/c1-18-7-9-22(15-26(18)31)20-5-4-6-21(13-20)23-11-12-29-25(14-23)17-30-28(32)24-10-8-19(2)27(16-24)33-3/h4-16,31H,17H2,1-3H3,(H,30,32). The summed E-state index contributed by atoms with van der Waals surface area (Å²) in [6.07, 6.45) is 3.77. The van der Waals surface area contributed by atoms with Gasteiger partial charge < -0.3 is 10.4 Å². The van der Waals surface area contributed by atoms with Crippen LogP contribution in [0.3, 0.4) is 0 Å². The number of aromatic nitrogens is 1. The molecule has 3 aromatic carbocycles. The van der Waals surface area contributed by atoms with E-state index in [0.717, 1.165) is 44.0 Å². The molecule has 4 rings (SSSR count). The molecule has 0 unspecified atom stereocenters. The maximum Gasteiger partial charge on any atom is 0.251 e. The van der Waals surface area contributed by atoms with Crippen molar-refractivity contribution in [3.63, 3.8) is 0 Å². The van der Waals surface area contributed by atoms with E-state index in [0.29, 0.717) is 12.1 Å². The molecule has 166 valence electrons. The van der Waals surface area contributed by atoms with Crippen molar-refractivity contribution in [2.75, 3.05) is 6.26 Å². The van der Waals surface area contributed by atoms with Crippen molar-refractivity contribution in [2.45, 2.75) is 25.3 Å². The van der Waals surface area contributed by atoms with E-state index >= 15 is 0 Å². The highest BCUT2D eigenvalue weighted by Crippen LogP contribution is 2.29. The lowest BCUT2D eigenvalue weighted by atomic mass is 9.98. The fourth-order valence-electron chi connectivity index (χ4n) is 3.66. The fraction of sp³-hybridized carbons (Fsp3) is 0.143. The minimum absolute atomic E-state index is 0.112. The molecule has 0 bridgehead atoms. The van der Waals surface area contributed by atoms with Crippen LogP contribution in [0, 0.1) is 13.8 Å². The Balaban J connectivity index is 1.51. The predicted octanol–water partition coefficient (Wildman–Crippen LogP) is 6.39. The maximum atomic E-state index is 12.6. The van der Waals surface area contributed by atoms with Gasteiger partial charge in [-0.15, -0.1) is 11.8 Å². The summed E-state index contributed by atoms with van der Waals surface area (Å²) >= 11 is 1.64. The molecular weight excluding hydrogens is 428 g/mol. The Morgan fingerprint density at radius 2 is 1.58 bits per heavy atom. The van der Waals surface area contributed by atoms with Crippen LogP contribution in [0.1, 0.15) is 27.2 Å². The molecule has 1 aromatic heterocycles. The van der Waals surface area contributed by atoms with Crippen molar-refractivity contribution in [3.8, 4) is 28.0 Å². The molecule has 1 amide bonds. The van der Waals surface area contributed by atoms with Gasteiger partial charge in [-0.2, -0.15) is 0 Å². The van der Waals surface area contributed by atoms with Gasteiger partial charge in [0.05, 0.1) is 12.2 Å². The number of phenols is 1. The summed E-state index contributed by atoms with van der Waals surface area (Å²) in [4.78, 5) is 18.2. The van der Waals surface area contributed by atoms with E-state index in [-0.39, 0.29) is 11.7 Å². The molecular formula is C28H26N2O2S. The van der Waals surface area contributed by atoms with E-state index in [2.05, 4.69) is 16.4 Å². The SMILES string of the molecule is CSc1cc(C(=O)NCc2cc(-c3cccc(-c4ccc(C)c(O)c4)c3)ccn2)ccc1C. The van der Waals surface area contributed by atoms with Crippen molar-refractivity contribution in [1.82, 2.24) is 10.3 Å². The van der Waals surface area contributed by atoms with Crippen molar-refractivity contribution >= 4 is 17.7 Å². The number of hydrogen-bond donors (Lipinski definition) is 2. The molecule has 0 saturated carbocycles. The van der Waals surface area contributed by atoms with E-state index in [1.165, 1.54) is 0 Å². The van der Waals surface area contributed by atoms with E-state index < -0.39 is 0 Å². The number of phenolic OH excluding ortho intramolecular Hbond substituents is 1. The van der Waals surface area contributed by atoms with E-state index in [1.807, 2.05) is 80.8 Å². The molecule has 4 nitrogen and oxygen atoms in total. The second kappa shape index (κ2) is 9.92. The van der Waals surface area contributed by atoms with Crippen LogP contribution in [-0.2, 0) is 6.54 Å². The van der Waals surface area contributed by atoms with Gasteiger partial charge in [-0.25, -0.2) is 0 Å². The van der Waals surface area contributed by atoms with Crippen molar-refractivity contribution in [1.29, 1.82) is 0 Å². The molecule has 0 spiro atoms. The van der Waals surface area contributed by atoms with Crippen LogP contribution in [0.5, 0.6) is 5.75 Å². The zero-order valence-corrected chi connectivity index (χ0v) is 19.7. The highest BCUT2D eigenvalue weighted by Gasteiger charge is 2.09. The highest BCUT2D eigenvalue weighted by atomic mass is 32.2. The minimum atomic E-state index is -0.112. The smallest absolute Gasteiger partial charge is 0.251 e. The molecule has 0 aliphatic rings. The zero-order chi connectivity index (χ0) is 23.4. The quantitative estimate of drug-likeness (QED) is 0.331. The number of benzene rings is 3. The summed E-state index contributed by atoms with van der Waals surface area (Å²) in [6.45, 7) is 4.27. The highest BCUT2D eigenvalue weighted by molar-refractivity contribution is 7.98. The Hall–Kier alpha value is -3.57. The van der Waals surface area contributed by atoms with Crippen molar-refractivity contribution in [3.05, 3.63) is 101 Å². The van der Waals surface area contributed by atoms with E-state index in [4.69, 9.17) is 0 Å². The molecule has 0 saturated heterocycles. The third-order valence-corrected chi connectivity index (χ3v) is 6.53. The summed E-state index contributed by atoms with van der Waals surface area (Å²) in [5, 5.41) is 13.0. The molecule has 0 aliphatic carbocycles. The normalized spacial score (nSPS) is 10.8. The number of carbonyl (C=O) groups excluding carboxylic acids is 1. The number of pyridine rings is 1. The predicted molar refractivity (Wildman–Crippen MR) is 136 cm³/mol. The fourth-order valence-corrected chi connectivity index (χ4v) is 4.29. The number of thioether (sulfide) groups is 1. The summed E-state index contributed by atoms with van der Waals surface area (Å²) in [6, 6.07) is 23.6. The van der Waals surface area contributed by atoms with Crippen LogP contribution < -0.4 is 5.32 Å². The third kappa shape index (κ3) is 5.26. The van der Waals surface area contributed by atoms with E-state index in [9.17, 15) is 9.90 Å². The van der Waals surface area contributed by atoms with Crippen molar-refractivity contribution < 1.29 is 9.90 Å². The summed E-state index contributed by atoms with van der Waals surface area (Å²) in [7, 11) is 0. The van der Waals surface area contributed by atoms with Crippen LogP contribution in [0.25, 0.3) is 22.3 Å². The Bertz CT molecular complexity index is 1320. The number of aromatic hydroxyl groups is 1. The van der Waals surface area contributed by atoms with Crippen LogP contribution in [0.2, 0.25) is 0 Å². The summed E-state index contributed by atoms with van der Waals surface area (Å²) in [5.41, 5.74) is 7.51. The van der Waals surface area contributed by atoms with Gasteiger partial charge in [0.25, 0.3) is 5.91 Å². The second-order valence-electron chi connectivity index (χ2n) is 7.99. The van der Waals surface area contributed by atoms with Crippen LogP contribution >= 0.6 is 11.8 Å². The lowest BCUT2D eigenvalue weighted by molar-refractivity contribution is 0.0950. The molecule has 5 heteroatoms. The summed E-state index contributed by atoms with van der Waals surface area (Å²) < 4.78 is 0. The molecule has 33 heavy (non-hydrogen) atoms. The number of amides is 1. The monoisotopic (exact) mass is 454 g/mol. The average molecular weight is 455 g/mol. The Morgan fingerprint density at radius 3 is 2.30 bits per heavy atom. The average Bonchev–Trinajstić information content (AvgIpc) is 2.85. The van der Waals surface area contributed by atoms with E-state index in [1.54, 1.807) is 24.0 Å². The van der Waals surface area contributed by atoms with Crippen molar-refractivity contribution in [2.24, 2.45) is 0 Å². The topological polar surface area (TPSA) is 62.2 Å². The van der Waals surface area contributed by atoms with Crippen LogP contribution in [-0.4, -0.2) is 22.3 Å². The zero-order valence-electron chi connectivity index (χ0n) is 18.9. The first-order chi connectivity index (χ1) is 15.9. The van der Waals surface area contributed by atoms with Gasteiger partial charge in [-0.1, -0.05) is 36.4 Å². The first-order valence-electron chi connectivity index (χ1n) is 10.7. The number of nitrogens with zero attached hydrogens (tertiary/aromatic N) is 1. The molecule has 0 fully saturated rings. The number of rotatable bonds is 6. The van der Waals surface area contributed by atoms with Gasteiger partial charge >= 0.3 is 0 Å². The van der Waals surface area contributed by atoms with Gasteiger partial charge in [0.15, 0.2) is 0 Å². The van der Waals surface area contributed by atoms with Gasteiger partial charge in [0, 0.05) is 16.7 Å². The number of hydrogen-bond acceptors (Lipinski definition) is 4. The van der Waals surface area contributed by atoms with Gasteiger partial charge in [0.2, 0.25) is 0 Å². The largest absolute Gasteiger partial charge is 0.508 e. The third-order valence-electron chi connectivity index (χ3n) is 5.66. The number of nitrogens with one attached hydrogen (secondary N) is 1. The van der Waals surface area contributed by atoms with Crippen LogP contribution in [0.15, 0.2) is 83.9 Å². The molecule has 0 aliphatic heterocycles. The Kier molecular flexibility index (Phi) is 6.80. The number of aryl methyl sites for hydroxylation is 2. The number of carbonyl (C=O) groups is 1. The van der Waals surface area contributed by atoms with Gasteiger partial charge in [0.1, 0.15) is 5.75 Å². The molecule has 0 atom stereocenters. The maximum absolute atomic E-state index is 12.6. The Morgan fingerprint density at radius 1 is 0.879 bits per heavy atom. The van der Waals surface area contributed by atoms with Gasteiger partial charge in [-0.3, -0.25) is 9.78 Å². The minimum Gasteiger partial charge on any atom is -0.508 e. The second-order valence-corrected chi connectivity index (χ2v) is 8.83. The molecule has 2 N–H and O–H groups in total. The summed E-state index contributed by atoms with van der Waals surface area (Å²) in [5.74, 6) is 0.178. The molecule has 1 heterocycles. The Labute approximate surface area is 198 Å². The first-order valence-corrected chi connectivity index (χ1v) is 12.0. The first kappa shape index (κ1) is 22.6.